The molecule has 4 heterocycles. The van der Waals surface area contributed by atoms with Gasteiger partial charge in [-0.3, -0.25) is 19.0 Å². The summed E-state index contributed by atoms with van der Waals surface area (Å²) in [7, 11) is 3.74. The van der Waals surface area contributed by atoms with Crippen LogP contribution >= 0.6 is 11.6 Å². The Morgan fingerprint density at radius 1 is 1.00 bits per heavy atom. The molecule has 0 bridgehead atoms. The van der Waals surface area contributed by atoms with E-state index in [0.717, 1.165) is 22.5 Å². The molecule has 8 heteroatoms. The highest BCUT2D eigenvalue weighted by atomic mass is 35.5. The van der Waals surface area contributed by atoms with Crippen molar-refractivity contribution in [2.75, 3.05) is 0 Å². The molecule has 126 valence electrons. The van der Waals surface area contributed by atoms with Crippen molar-refractivity contribution < 1.29 is 0 Å². The Labute approximate surface area is 149 Å². The fraction of sp³-hybridized carbons (Fsp3) is 0.176. The Morgan fingerprint density at radius 2 is 1.72 bits per heavy atom. The zero-order valence-electron chi connectivity index (χ0n) is 13.8. The van der Waals surface area contributed by atoms with Crippen molar-refractivity contribution in [3.63, 3.8) is 0 Å². The van der Waals surface area contributed by atoms with Gasteiger partial charge in [0.05, 0.1) is 35.3 Å². The number of aromatic nitrogens is 7. The number of nitrogens with zero attached hydrogens (tertiary/aromatic N) is 7. The van der Waals surface area contributed by atoms with E-state index in [4.69, 9.17) is 16.7 Å². The van der Waals surface area contributed by atoms with E-state index in [0.29, 0.717) is 17.3 Å². The lowest BCUT2D eigenvalue weighted by Crippen LogP contribution is -2.05. The first-order chi connectivity index (χ1) is 12.1. The number of hydrogen-bond donors (Lipinski definition) is 0. The van der Waals surface area contributed by atoms with Crippen molar-refractivity contribution in [1.82, 2.24) is 34.3 Å². The van der Waals surface area contributed by atoms with Gasteiger partial charge in [-0.05, 0) is 12.1 Å². The van der Waals surface area contributed by atoms with E-state index in [1.807, 2.05) is 49.4 Å². The molecule has 0 unspecified atom stereocenters. The van der Waals surface area contributed by atoms with Crippen LogP contribution in [-0.2, 0) is 20.6 Å². The summed E-state index contributed by atoms with van der Waals surface area (Å²) in [6.07, 6.45) is 9.13. The number of rotatable bonds is 4. The van der Waals surface area contributed by atoms with Gasteiger partial charge in [0.1, 0.15) is 5.69 Å². The summed E-state index contributed by atoms with van der Waals surface area (Å²) in [6, 6.07) is 5.81. The summed E-state index contributed by atoms with van der Waals surface area (Å²) >= 11 is 6.71. The molecule has 0 spiro atoms. The molecule has 0 atom stereocenters. The van der Waals surface area contributed by atoms with Gasteiger partial charge < -0.3 is 0 Å². The lowest BCUT2D eigenvalue weighted by molar-refractivity contribution is 0.682. The molecule has 0 aromatic carbocycles. The first-order valence-corrected chi connectivity index (χ1v) is 8.14. The second kappa shape index (κ2) is 6.18. The summed E-state index contributed by atoms with van der Waals surface area (Å²) < 4.78 is 5.34. The molecule has 0 saturated carbocycles. The predicted octanol–water partition coefficient (Wildman–Crippen LogP) is 2.78. The van der Waals surface area contributed by atoms with Gasteiger partial charge in [-0.1, -0.05) is 17.7 Å². The second-order valence-electron chi connectivity index (χ2n) is 5.80. The second-order valence-corrected chi connectivity index (χ2v) is 6.17. The lowest BCUT2D eigenvalue weighted by Gasteiger charge is -2.05. The Kier molecular flexibility index (Phi) is 3.85. The summed E-state index contributed by atoms with van der Waals surface area (Å²) in [6.45, 7) is 0.519. The van der Waals surface area contributed by atoms with Crippen LogP contribution in [0.2, 0.25) is 5.02 Å². The van der Waals surface area contributed by atoms with E-state index in [-0.39, 0.29) is 0 Å². The van der Waals surface area contributed by atoms with Gasteiger partial charge in [0.2, 0.25) is 0 Å². The van der Waals surface area contributed by atoms with Gasteiger partial charge in [0.25, 0.3) is 0 Å². The van der Waals surface area contributed by atoms with Gasteiger partial charge in [-0.15, -0.1) is 0 Å². The molecule has 0 saturated heterocycles. The molecule has 0 aliphatic carbocycles. The largest absolute Gasteiger partial charge is 0.275 e. The van der Waals surface area contributed by atoms with E-state index in [1.54, 1.807) is 28.0 Å². The molecular formula is C17H16ClN7. The van der Waals surface area contributed by atoms with Crippen molar-refractivity contribution in [2.24, 2.45) is 14.1 Å². The molecule has 4 aromatic heterocycles. The van der Waals surface area contributed by atoms with Crippen LogP contribution in [0.25, 0.3) is 22.5 Å². The molecule has 0 radical (unpaired) electrons. The van der Waals surface area contributed by atoms with Crippen LogP contribution in [0.1, 0.15) is 5.69 Å². The SMILES string of the molecule is Cn1cc(-c2nn(Cc3ccccn3)c(-c3cnn(C)c3)c2Cl)cn1. The average Bonchev–Trinajstić information content (AvgIpc) is 3.28. The fourth-order valence-electron chi connectivity index (χ4n) is 2.75. The summed E-state index contributed by atoms with van der Waals surface area (Å²) in [5.74, 6) is 0. The van der Waals surface area contributed by atoms with Crippen LogP contribution in [-0.4, -0.2) is 34.3 Å². The Bertz CT molecular complexity index is 1010. The summed E-state index contributed by atoms with van der Waals surface area (Å²) in [4.78, 5) is 4.39. The minimum absolute atomic E-state index is 0.519. The van der Waals surface area contributed by atoms with Gasteiger partial charge in [-0.2, -0.15) is 15.3 Å². The van der Waals surface area contributed by atoms with Crippen LogP contribution in [0, 0.1) is 0 Å². The molecular weight excluding hydrogens is 338 g/mol. The van der Waals surface area contributed by atoms with Gasteiger partial charge in [0, 0.05) is 43.8 Å². The van der Waals surface area contributed by atoms with Crippen molar-refractivity contribution in [3.05, 3.63) is 59.9 Å². The molecule has 0 amide bonds. The van der Waals surface area contributed by atoms with Crippen molar-refractivity contribution in [3.8, 4) is 22.5 Å². The number of hydrogen-bond acceptors (Lipinski definition) is 4. The van der Waals surface area contributed by atoms with E-state index in [2.05, 4.69) is 15.2 Å². The maximum absolute atomic E-state index is 6.71. The first kappa shape index (κ1) is 15.6. The quantitative estimate of drug-likeness (QED) is 0.566. The van der Waals surface area contributed by atoms with Gasteiger partial charge >= 0.3 is 0 Å². The number of halogens is 1. The third-order valence-electron chi connectivity index (χ3n) is 3.89. The molecule has 0 aliphatic heterocycles. The van der Waals surface area contributed by atoms with Gasteiger partial charge in [-0.25, -0.2) is 0 Å². The fourth-order valence-corrected chi connectivity index (χ4v) is 3.10. The van der Waals surface area contributed by atoms with E-state index >= 15 is 0 Å². The van der Waals surface area contributed by atoms with Crippen molar-refractivity contribution in [2.45, 2.75) is 6.54 Å². The lowest BCUT2D eigenvalue weighted by atomic mass is 10.2. The van der Waals surface area contributed by atoms with Crippen molar-refractivity contribution >= 4 is 11.6 Å². The normalized spacial score (nSPS) is 11.2. The smallest absolute Gasteiger partial charge is 0.115 e. The minimum Gasteiger partial charge on any atom is -0.275 e. The molecule has 0 N–H and O–H groups in total. The zero-order chi connectivity index (χ0) is 17.4. The highest BCUT2D eigenvalue weighted by molar-refractivity contribution is 6.35. The van der Waals surface area contributed by atoms with Gasteiger partial charge in [0.15, 0.2) is 0 Å². The van der Waals surface area contributed by atoms with Crippen molar-refractivity contribution in [1.29, 1.82) is 0 Å². The third-order valence-corrected chi connectivity index (χ3v) is 4.25. The predicted molar refractivity (Wildman–Crippen MR) is 95.0 cm³/mol. The molecule has 7 nitrogen and oxygen atoms in total. The topological polar surface area (TPSA) is 66.3 Å². The standard InChI is InChI=1S/C17H16ClN7/c1-23-9-12(7-20-23)16-15(18)17(13-8-21-24(2)10-13)25(22-16)11-14-5-3-4-6-19-14/h3-10H,11H2,1-2H3. The zero-order valence-corrected chi connectivity index (χ0v) is 14.6. The van der Waals surface area contributed by atoms with E-state index < -0.39 is 0 Å². The highest BCUT2D eigenvalue weighted by Crippen LogP contribution is 2.36. The van der Waals surface area contributed by atoms with Crippen LogP contribution in [0.4, 0.5) is 0 Å². The molecule has 4 rings (SSSR count). The molecule has 25 heavy (non-hydrogen) atoms. The minimum atomic E-state index is 0.519. The van der Waals surface area contributed by atoms with Crippen LogP contribution in [0.5, 0.6) is 0 Å². The Morgan fingerprint density at radius 3 is 2.32 bits per heavy atom. The van der Waals surface area contributed by atoms with Crippen LogP contribution in [0.15, 0.2) is 49.2 Å². The number of aryl methyl sites for hydroxylation is 2. The highest BCUT2D eigenvalue weighted by Gasteiger charge is 2.21. The number of pyridine rings is 1. The molecule has 0 aliphatic rings. The molecule has 0 fully saturated rings. The van der Waals surface area contributed by atoms with E-state index in [9.17, 15) is 0 Å². The molecule has 4 aromatic rings. The van der Waals surface area contributed by atoms with E-state index in [1.165, 1.54) is 0 Å². The Balaban J connectivity index is 1.86. The maximum atomic E-state index is 6.71. The van der Waals surface area contributed by atoms with Crippen LogP contribution in [0.3, 0.4) is 0 Å². The maximum Gasteiger partial charge on any atom is 0.115 e. The monoisotopic (exact) mass is 353 g/mol. The first-order valence-electron chi connectivity index (χ1n) is 7.76. The summed E-state index contributed by atoms with van der Waals surface area (Å²) in [5.41, 5.74) is 4.21. The van der Waals surface area contributed by atoms with Crippen LogP contribution < -0.4 is 0 Å². The Hall–Kier alpha value is -2.93. The average molecular weight is 354 g/mol. The summed E-state index contributed by atoms with van der Waals surface area (Å²) in [5, 5.41) is 13.8. The third kappa shape index (κ3) is 2.94.